The second-order valence-electron chi connectivity index (χ2n) is 3.35. The lowest BCUT2D eigenvalue weighted by Crippen LogP contribution is -1.96. The van der Waals surface area contributed by atoms with E-state index in [1.54, 1.807) is 12.1 Å². The van der Waals surface area contributed by atoms with Gasteiger partial charge in [-0.2, -0.15) is 5.26 Å². The van der Waals surface area contributed by atoms with Crippen LogP contribution in [0.25, 0.3) is 0 Å². The summed E-state index contributed by atoms with van der Waals surface area (Å²) in [7, 11) is 0. The van der Waals surface area contributed by atoms with Crippen molar-refractivity contribution in [2.24, 2.45) is 0 Å². The fraction of sp³-hybridized carbons (Fsp3) is 0.300. The molecule has 0 radical (unpaired) electrons. The molecule has 13 heavy (non-hydrogen) atoms. The van der Waals surface area contributed by atoms with E-state index in [0.717, 1.165) is 18.4 Å². The molecule has 2 nitrogen and oxygen atoms in total. The molecule has 2 rings (SSSR count). The Morgan fingerprint density at radius 1 is 1.46 bits per heavy atom. The van der Waals surface area contributed by atoms with E-state index >= 15 is 0 Å². The number of anilines is 1. The third-order valence-corrected chi connectivity index (χ3v) is 2.30. The van der Waals surface area contributed by atoms with Crippen LogP contribution in [0, 0.1) is 17.1 Å². The van der Waals surface area contributed by atoms with E-state index in [1.807, 2.05) is 0 Å². The minimum atomic E-state index is -0.496. The van der Waals surface area contributed by atoms with Crippen molar-refractivity contribution < 1.29 is 4.39 Å². The molecule has 0 amide bonds. The van der Waals surface area contributed by atoms with Gasteiger partial charge >= 0.3 is 0 Å². The van der Waals surface area contributed by atoms with Gasteiger partial charge in [-0.1, -0.05) is 0 Å². The zero-order valence-electron chi connectivity index (χ0n) is 7.05. The van der Waals surface area contributed by atoms with Crippen molar-refractivity contribution in [3.63, 3.8) is 0 Å². The van der Waals surface area contributed by atoms with Gasteiger partial charge in [-0.05, 0) is 36.5 Å². The Balaban J connectivity index is 2.50. The lowest BCUT2D eigenvalue weighted by atomic mass is 10.1. The highest BCUT2D eigenvalue weighted by molar-refractivity contribution is 5.57. The second-order valence-corrected chi connectivity index (χ2v) is 3.35. The van der Waals surface area contributed by atoms with Gasteiger partial charge in [-0.25, -0.2) is 4.39 Å². The minimum Gasteiger partial charge on any atom is -0.398 e. The first-order chi connectivity index (χ1) is 6.22. The molecule has 1 aromatic rings. The summed E-state index contributed by atoms with van der Waals surface area (Å²) in [6, 6.07) is 4.88. The Bertz CT molecular complexity index is 365. The summed E-state index contributed by atoms with van der Waals surface area (Å²) in [6.45, 7) is 0. The monoisotopic (exact) mass is 176 g/mol. The molecule has 0 atom stereocenters. The minimum absolute atomic E-state index is 0.0376. The Kier molecular flexibility index (Phi) is 1.70. The molecule has 1 saturated carbocycles. The highest BCUT2D eigenvalue weighted by Gasteiger charge is 2.25. The molecule has 0 aliphatic heterocycles. The SMILES string of the molecule is N#Cc1c(N)cc(C2CC2)cc1F. The summed E-state index contributed by atoms with van der Waals surface area (Å²) in [5, 5.41) is 8.57. The van der Waals surface area contributed by atoms with Crippen LogP contribution in [0.2, 0.25) is 0 Å². The van der Waals surface area contributed by atoms with Gasteiger partial charge in [0.15, 0.2) is 0 Å². The van der Waals surface area contributed by atoms with Crippen molar-refractivity contribution in [3.05, 3.63) is 29.1 Å². The standard InChI is InChI=1S/C10H9FN2/c11-9-3-7(6-1-2-6)4-10(13)8(9)5-12/h3-4,6H,1-2,13H2. The highest BCUT2D eigenvalue weighted by Crippen LogP contribution is 2.41. The summed E-state index contributed by atoms with van der Waals surface area (Å²) in [5.74, 6) is -0.0334. The molecule has 1 aliphatic rings. The topological polar surface area (TPSA) is 49.8 Å². The van der Waals surface area contributed by atoms with Gasteiger partial charge in [-0.15, -0.1) is 0 Å². The molecule has 3 heteroatoms. The fourth-order valence-corrected chi connectivity index (χ4v) is 1.42. The van der Waals surface area contributed by atoms with Gasteiger partial charge < -0.3 is 5.73 Å². The van der Waals surface area contributed by atoms with Crippen LogP contribution in [-0.2, 0) is 0 Å². The van der Waals surface area contributed by atoms with Crippen LogP contribution in [0.5, 0.6) is 0 Å². The molecular weight excluding hydrogens is 167 g/mol. The summed E-state index contributed by atoms with van der Waals surface area (Å²) in [5.41, 5.74) is 6.68. The quantitative estimate of drug-likeness (QED) is 0.666. The third-order valence-electron chi connectivity index (χ3n) is 2.30. The number of nitriles is 1. The number of rotatable bonds is 1. The van der Waals surface area contributed by atoms with Crippen molar-refractivity contribution >= 4 is 5.69 Å². The van der Waals surface area contributed by atoms with Crippen molar-refractivity contribution in [2.45, 2.75) is 18.8 Å². The van der Waals surface area contributed by atoms with Gasteiger partial charge in [-0.3, -0.25) is 0 Å². The molecule has 0 heterocycles. The van der Waals surface area contributed by atoms with Gasteiger partial charge in [0.25, 0.3) is 0 Å². The van der Waals surface area contributed by atoms with E-state index in [4.69, 9.17) is 11.0 Å². The molecule has 0 spiro atoms. The fourth-order valence-electron chi connectivity index (χ4n) is 1.42. The van der Waals surface area contributed by atoms with Gasteiger partial charge in [0, 0.05) is 0 Å². The zero-order valence-corrected chi connectivity index (χ0v) is 7.05. The number of nitrogen functional groups attached to an aromatic ring is 1. The summed E-state index contributed by atoms with van der Waals surface area (Å²) in [4.78, 5) is 0. The van der Waals surface area contributed by atoms with Crippen LogP contribution < -0.4 is 5.73 Å². The van der Waals surface area contributed by atoms with Gasteiger partial charge in [0.05, 0.1) is 5.69 Å². The number of benzene rings is 1. The molecule has 0 aromatic heterocycles. The number of nitrogens with two attached hydrogens (primary N) is 1. The van der Waals surface area contributed by atoms with Crippen LogP contribution in [0.15, 0.2) is 12.1 Å². The smallest absolute Gasteiger partial charge is 0.143 e. The van der Waals surface area contributed by atoms with E-state index in [2.05, 4.69) is 0 Å². The number of hydrogen-bond acceptors (Lipinski definition) is 2. The van der Waals surface area contributed by atoms with Crippen LogP contribution in [0.4, 0.5) is 10.1 Å². The van der Waals surface area contributed by atoms with Crippen molar-refractivity contribution in [3.8, 4) is 6.07 Å². The Morgan fingerprint density at radius 2 is 2.15 bits per heavy atom. The first-order valence-electron chi connectivity index (χ1n) is 4.21. The molecule has 1 aromatic carbocycles. The second kappa shape index (κ2) is 2.74. The maximum atomic E-state index is 13.2. The summed E-state index contributed by atoms with van der Waals surface area (Å²) >= 11 is 0. The number of halogens is 1. The predicted octanol–water partition coefficient (Wildman–Crippen LogP) is 2.16. The largest absolute Gasteiger partial charge is 0.398 e. The lowest BCUT2D eigenvalue weighted by Gasteiger charge is -2.03. The Hall–Kier alpha value is -1.56. The van der Waals surface area contributed by atoms with Crippen molar-refractivity contribution in [2.75, 3.05) is 5.73 Å². The summed E-state index contributed by atoms with van der Waals surface area (Å²) < 4.78 is 13.2. The van der Waals surface area contributed by atoms with Crippen LogP contribution in [-0.4, -0.2) is 0 Å². The van der Waals surface area contributed by atoms with Crippen LogP contribution >= 0.6 is 0 Å². The first kappa shape index (κ1) is 8.06. The van der Waals surface area contributed by atoms with E-state index in [1.165, 1.54) is 6.07 Å². The molecular formula is C10H9FN2. The molecule has 0 saturated heterocycles. The van der Waals surface area contributed by atoms with E-state index < -0.39 is 5.82 Å². The average Bonchev–Trinajstić information content (AvgIpc) is 2.85. The van der Waals surface area contributed by atoms with E-state index in [0.29, 0.717) is 5.92 Å². The molecule has 0 unspecified atom stereocenters. The molecule has 1 fully saturated rings. The maximum Gasteiger partial charge on any atom is 0.143 e. The maximum absolute atomic E-state index is 13.2. The molecule has 1 aliphatic carbocycles. The number of nitrogens with zero attached hydrogens (tertiary/aromatic N) is 1. The van der Waals surface area contributed by atoms with Crippen molar-refractivity contribution in [1.29, 1.82) is 5.26 Å². The predicted molar refractivity (Wildman–Crippen MR) is 47.5 cm³/mol. The molecule has 66 valence electrons. The normalized spacial score (nSPS) is 15.4. The first-order valence-corrected chi connectivity index (χ1v) is 4.21. The molecule has 2 N–H and O–H groups in total. The van der Waals surface area contributed by atoms with E-state index in [9.17, 15) is 4.39 Å². The highest BCUT2D eigenvalue weighted by atomic mass is 19.1. The van der Waals surface area contributed by atoms with E-state index in [-0.39, 0.29) is 11.3 Å². The van der Waals surface area contributed by atoms with Gasteiger partial charge in [0.1, 0.15) is 17.4 Å². The summed E-state index contributed by atoms with van der Waals surface area (Å²) in [6.07, 6.45) is 2.20. The van der Waals surface area contributed by atoms with Crippen LogP contribution in [0.3, 0.4) is 0 Å². The van der Waals surface area contributed by atoms with Crippen molar-refractivity contribution in [1.82, 2.24) is 0 Å². The lowest BCUT2D eigenvalue weighted by molar-refractivity contribution is 0.622. The Morgan fingerprint density at radius 3 is 2.62 bits per heavy atom. The average molecular weight is 176 g/mol. The number of hydrogen-bond donors (Lipinski definition) is 1. The van der Waals surface area contributed by atoms with Gasteiger partial charge in [0.2, 0.25) is 0 Å². The zero-order chi connectivity index (χ0) is 9.42. The third kappa shape index (κ3) is 1.35. The Labute approximate surface area is 75.8 Å². The van der Waals surface area contributed by atoms with Crippen LogP contribution in [0.1, 0.15) is 29.9 Å². The molecule has 0 bridgehead atoms.